The van der Waals surface area contributed by atoms with E-state index in [0.717, 1.165) is 12.3 Å². The Kier molecular flexibility index (Phi) is 4.44. The molecule has 0 aliphatic carbocycles. The molecule has 0 aliphatic rings. The molecule has 1 rings (SSSR count). The van der Waals surface area contributed by atoms with Gasteiger partial charge in [0, 0.05) is 30.4 Å². The van der Waals surface area contributed by atoms with Crippen LogP contribution in [0.1, 0.15) is 0 Å². The Bertz CT molecular complexity index is 287. The van der Waals surface area contributed by atoms with Gasteiger partial charge in [-0.3, -0.25) is 4.68 Å². The molecule has 0 unspecified atom stereocenters. The van der Waals surface area contributed by atoms with Crippen LogP contribution in [-0.2, 0) is 7.05 Å². The molecule has 0 amide bonds. The second-order valence-corrected chi connectivity index (χ2v) is 3.75. The summed E-state index contributed by atoms with van der Waals surface area (Å²) >= 11 is 1.78. The van der Waals surface area contributed by atoms with E-state index in [0.29, 0.717) is 6.54 Å². The van der Waals surface area contributed by atoms with Gasteiger partial charge in [0.15, 0.2) is 0 Å². The SMILES string of the molecule is C#CCNCCSc1cnn(C)c1. The molecule has 70 valence electrons. The minimum atomic E-state index is 0.646. The third-order valence-electron chi connectivity index (χ3n) is 1.46. The Morgan fingerprint density at radius 1 is 1.77 bits per heavy atom. The summed E-state index contributed by atoms with van der Waals surface area (Å²) in [6, 6.07) is 0. The fourth-order valence-corrected chi connectivity index (χ4v) is 1.71. The first-order valence-corrected chi connectivity index (χ1v) is 5.07. The van der Waals surface area contributed by atoms with Crippen molar-refractivity contribution >= 4 is 11.8 Å². The average Bonchev–Trinajstić information content (AvgIpc) is 2.51. The van der Waals surface area contributed by atoms with E-state index in [9.17, 15) is 0 Å². The topological polar surface area (TPSA) is 29.9 Å². The highest BCUT2D eigenvalue weighted by Crippen LogP contribution is 2.14. The Labute approximate surface area is 82.9 Å². The predicted molar refractivity (Wildman–Crippen MR) is 55.6 cm³/mol. The van der Waals surface area contributed by atoms with Crippen LogP contribution in [0.5, 0.6) is 0 Å². The van der Waals surface area contributed by atoms with E-state index in [1.807, 2.05) is 19.4 Å². The number of nitrogens with zero attached hydrogens (tertiary/aromatic N) is 2. The molecule has 1 N–H and O–H groups in total. The van der Waals surface area contributed by atoms with Crippen LogP contribution in [0.4, 0.5) is 0 Å². The number of aromatic nitrogens is 2. The largest absolute Gasteiger partial charge is 0.305 e. The lowest BCUT2D eigenvalue weighted by molar-refractivity contribution is 0.766. The number of hydrogen-bond donors (Lipinski definition) is 1. The van der Waals surface area contributed by atoms with Gasteiger partial charge in [0.1, 0.15) is 0 Å². The lowest BCUT2D eigenvalue weighted by Crippen LogP contribution is -2.16. The maximum Gasteiger partial charge on any atom is 0.0625 e. The molecule has 0 radical (unpaired) electrons. The van der Waals surface area contributed by atoms with Gasteiger partial charge in [0.25, 0.3) is 0 Å². The Morgan fingerprint density at radius 2 is 2.62 bits per heavy atom. The normalized spacial score (nSPS) is 9.85. The monoisotopic (exact) mass is 195 g/mol. The van der Waals surface area contributed by atoms with E-state index in [2.05, 4.69) is 16.3 Å². The van der Waals surface area contributed by atoms with E-state index in [1.165, 1.54) is 4.90 Å². The maximum absolute atomic E-state index is 5.09. The van der Waals surface area contributed by atoms with Gasteiger partial charge in [-0.25, -0.2) is 0 Å². The Morgan fingerprint density at radius 3 is 3.23 bits per heavy atom. The van der Waals surface area contributed by atoms with Crippen LogP contribution in [0.2, 0.25) is 0 Å². The van der Waals surface area contributed by atoms with Crippen molar-refractivity contribution in [2.75, 3.05) is 18.8 Å². The minimum absolute atomic E-state index is 0.646. The van der Waals surface area contributed by atoms with Crippen LogP contribution in [0.15, 0.2) is 17.3 Å². The molecule has 0 bridgehead atoms. The van der Waals surface area contributed by atoms with Gasteiger partial charge in [-0.1, -0.05) is 5.92 Å². The number of hydrogen-bond acceptors (Lipinski definition) is 3. The van der Waals surface area contributed by atoms with Crippen LogP contribution in [0.3, 0.4) is 0 Å². The highest BCUT2D eigenvalue weighted by Gasteiger charge is 1.95. The van der Waals surface area contributed by atoms with Crippen molar-refractivity contribution in [3.05, 3.63) is 12.4 Å². The quantitative estimate of drug-likeness (QED) is 0.427. The van der Waals surface area contributed by atoms with Crippen LogP contribution in [0, 0.1) is 12.3 Å². The van der Waals surface area contributed by atoms with Crippen LogP contribution >= 0.6 is 11.8 Å². The van der Waals surface area contributed by atoms with Crippen molar-refractivity contribution in [3.8, 4) is 12.3 Å². The molecule has 0 saturated carbocycles. The number of aryl methyl sites for hydroxylation is 1. The van der Waals surface area contributed by atoms with Crippen molar-refractivity contribution < 1.29 is 0 Å². The molecular weight excluding hydrogens is 182 g/mol. The Balaban J connectivity index is 2.10. The predicted octanol–water partition coefficient (Wildman–Crippen LogP) is 0.735. The van der Waals surface area contributed by atoms with E-state index < -0.39 is 0 Å². The second kappa shape index (κ2) is 5.68. The molecule has 1 aromatic heterocycles. The maximum atomic E-state index is 5.09. The van der Waals surface area contributed by atoms with Gasteiger partial charge in [-0.15, -0.1) is 18.2 Å². The van der Waals surface area contributed by atoms with Crippen molar-refractivity contribution in [1.82, 2.24) is 15.1 Å². The van der Waals surface area contributed by atoms with Crippen molar-refractivity contribution in [2.45, 2.75) is 4.90 Å². The highest BCUT2D eigenvalue weighted by molar-refractivity contribution is 7.99. The fourth-order valence-electron chi connectivity index (χ4n) is 0.875. The zero-order chi connectivity index (χ0) is 9.52. The third-order valence-corrected chi connectivity index (χ3v) is 2.41. The molecule has 0 saturated heterocycles. The molecular formula is C9H13N3S. The summed E-state index contributed by atoms with van der Waals surface area (Å²) in [7, 11) is 1.92. The smallest absolute Gasteiger partial charge is 0.0625 e. The molecule has 0 atom stereocenters. The van der Waals surface area contributed by atoms with Crippen molar-refractivity contribution in [1.29, 1.82) is 0 Å². The number of thioether (sulfide) groups is 1. The van der Waals surface area contributed by atoms with Crippen LogP contribution in [-0.4, -0.2) is 28.6 Å². The lowest BCUT2D eigenvalue weighted by atomic mass is 10.6. The highest BCUT2D eigenvalue weighted by atomic mass is 32.2. The minimum Gasteiger partial charge on any atom is -0.305 e. The molecule has 0 fully saturated rings. The summed E-state index contributed by atoms with van der Waals surface area (Å²) in [5.41, 5.74) is 0. The molecule has 4 heteroatoms. The first-order valence-electron chi connectivity index (χ1n) is 4.08. The van der Waals surface area contributed by atoms with Crippen LogP contribution < -0.4 is 5.32 Å². The standard InChI is InChI=1S/C9H13N3S/c1-3-4-10-5-6-13-9-7-11-12(2)8-9/h1,7-8,10H,4-6H2,2H3. The van der Waals surface area contributed by atoms with Gasteiger partial charge < -0.3 is 5.32 Å². The zero-order valence-electron chi connectivity index (χ0n) is 7.66. The zero-order valence-corrected chi connectivity index (χ0v) is 8.47. The molecule has 0 aliphatic heterocycles. The van der Waals surface area contributed by atoms with E-state index in [1.54, 1.807) is 16.4 Å². The molecule has 0 aromatic carbocycles. The third kappa shape index (κ3) is 4.02. The summed E-state index contributed by atoms with van der Waals surface area (Å²) in [4.78, 5) is 1.20. The fraction of sp³-hybridized carbons (Fsp3) is 0.444. The second-order valence-electron chi connectivity index (χ2n) is 2.58. The lowest BCUT2D eigenvalue weighted by Gasteiger charge is -1.98. The molecule has 1 heterocycles. The van der Waals surface area contributed by atoms with Crippen molar-refractivity contribution in [3.63, 3.8) is 0 Å². The van der Waals surface area contributed by atoms with E-state index >= 15 is 0 Å². The first kappa shape index (κ1) is 10.2. The van der Waals surface area contributed by atoms with Crippen LogP contribution in [0.25, 0.3) is 0 Å². The van der Waals surface area contributed by atoms with Crippen molar-refractivity contribution in [2.24, 2.45) is 7.05 Å². The summed E-state index contributed by atoms with van der Waals surface area (Å²) < 4.78 is 1.80. The summed E-state index contributed by atoms with van der Waals surface area (Å²) in [5.74, 6) is 3.55. The first-order chi connectivity index (χ1) is 6.33. The summed E-state index contributed by atoms with van der Waals surface area (Å²) in [6.07, 6.45) is 8.97. The van der Waals surface area contributed by atoms with Gasteiger partial charge in [-0.05, 0) is 0 Å². The van der Waals surface area contributed by atoms with Gasteiger partial charge >= 0.3 is 0 Å². The Hall–Kier alpha value is -0.920. The number of rotatable bonds is 5. The summed E-state index contributed by atoms with van der Waals surface area (Å²) in [6.45, 7) is 1.58. The molecule has 1 aromatic rings. The van der Waals surface area contributed by atoms with E-state index in [-0.39, 0.29) is 0 Å². The summed E-state index contributed by atoms with van der Waals surface area (Å²) in [5, 5.41) is 7.20. The average molecular weight is 195 g/mol. The van der Waals surface area contributed by atoms with Gasteiger partial charge in [0.2, 0.25) is 0 Å². The van der Waals surface area contributed by atoms with Gasteiger partial charge in [-0.2, -0.15) is 5.10 Å². The molecule has 13 heavy (non-hydrogen) atoms. The molecule has 0 spiro atoms. The number of terminal acetylenes is 1. The molecule has 3 nitrogen and oxygen atoms in total. The van der Waals surface area contributed by atoms with Gasteiger partial charge in [0.05, 0.1) is 12.7 Å². The van der Waals surface area contributed by atoms with E-state index in [4.69, 9.17) is 6.42 Å². The number of nitrogens with one attached hydrogen (secondary N) is 1.